The highest BCUT2D eigenvalue weighted by Gasteiger charge is 2.28. The summed E-state index contributed by atoms with van der Waals surface area (Å²) in [5.41, 5.74) is 0.517. The molecule has 2 aliphatic rings. The molecule has 5 rings (SSSR count). The predicted molar refractivity (Wildman–Crippen MR) is 189 cm³/mol. The van der Waals surface area contributed by atoms with Crippen LogP contribution in [0.1, 0.15) is 79.6 Å². The number of carbonyl (C=O) groups excluding carboxylic acids is 2. The molecule has 3 aromatic rings. The van der Waals surface area contributed by atoms with E-state index in [-0.39, 0.29) is 45.8 Å². The molecule has 0 N–H and O–H groups in total. The number of thiol groups is 1. The molecule has 282 valence electrons. The van der Waals surface area contributed by atoms with Crippen molar-refractivity contribution < 1.29 is 50.5 Å². The summed E-state index contributed by atoms with van der Waals surface area (Å²) < 4.78 is 79.7. The summed E-state index contributed by atoms with van der Waals surface area (Å²) in [7, 11) is -3.19. The van der Waals surface area contributed by atoms with Gasteiger partial charge >= 0.3 is 18.6 Å². The molecule has 0 radical (unpaired) electrons. The summed E-state index contributed by atoms with van der Waals surface area (Å²) in [6.45, 7) is 1.87. The van der Waals surface area contributed by atoms with E-state index in [2.05, 4.69) is 4.98 Å². The van der Waals surface area contributed by atoms with Gasteiger partial charge in [0.2, 0.25) is 10.9 Å². The van der Waals surface area contributed by atoms with E-state index in [0.29, 0.717) is 41.7 Å². The molecule has 2 aliphatic carbocycles. The van der Waals surface area contributed by atoms with Crippen molar-refractivity contribution in [2.45, 2.75) is 77.7 Å². The van der Waals surface area contributed by atoms with Gasteiger partial charge < -0.3 is 23.7 Å². The molecule has 16 heteroatoms. The van der Waals surface area contributed by atoms with Crippen LogP contribution >= 0.6 is 23.2 Å². The molecule has 1 heterocycles. The zero-order chi connectivity index (χ0) is 37.6. The zero-order valence-electron chi connectivity index (χ0n) is 28.8. The number of alkyl halides is 2. The lowest BCUT2D eigenvalue weighted by atomic mass is 10.0. The summed E-state index contributed by atoms with van der Waals surface area (Å²) in [6, 6.07) is 8.74. The minimum atomic E-state index is -3.19. The average molecular weight is 786 g/mol. The predicted octanol–water partition coefficient (Wildman–Crippen LogP) is 7.38. The molecular weight excluding hydrogens is 745 g/mol. The maximum Gasteiger partial charge on any atom is 0.387 e. The minimum absolute atomic E-state index is 0.0116. The molecule has 11 nitrogen and oxygen atoms in total. The lowest BCUT2D eigenvalue weighted by Gasteiger charge is -2.23. The maximum atomic E-state index is 13.9. The van der Waals surface area contributed by atoms with Gasteiger partial charge in [0, 0.05) is 30.9 Å². The molecule has 1 atom stereocenters. The third-order valence-electron chi connectivity index (χ3n) is 8.11. The second-order valence-electron chi connectivity index (χ2n) is 13.7. The van der Waals surface area contributed by atoms with Crippen molar-refractivity contribution in [3.05, 3.63) is 81.1 Å². The van der Waals surface area contributed by atoms with E-state index in [1.807, 2.05) is 0 Å². The normalized spacial score (nSPS) is 15.1. The average Bonchev–Trinajstić information content (AvgIpc) is 3.99. The van der Waals surface area contributed by atoms with Crippen LogP contribution in [0.5, 0.6) is 17.2 Å². The molecular formula is C36H40Cl2F2N2O9S. The third kappa shape index (κ3) is 11.9. The fourth-order valence-electron chi connectivity index (χ4n) is 5.10. The summed E-state index contributed by atoms with van der Waals surface area (Å²) in [5, 5.41) is 0.452. The molecule has 0 amide bonds. The van der Waals surface area contributed by atoms with E-state index in [0.717, 1.165) is 30.0 Å². The topological polar surface area (TPSA) is 131 Å². The molecule has 0 bridgehead atoms. The number of halogens is 4. The molecule has 0 saturated heterocycles. The standard InChI is InChI=1S/C36H40Cl2F2N2O9S/c1-36(2,3)51-33(43)18-42(52(45)46)17-25-9-8-24(13-30(25)47-19-21-4-5-21)34(44)49-31(14-26-27(37)15-41-16-28(26)38)23-10-11-29(50-35(39)40)32(12-23)48-20-22-6-7-22/h8-13,15-16,21-22,31,35,52H,4-7,14,17-20H2,1-3H3/t31-/m0/s1. The summed E-state index contributed by atoms with van der Waals surface area (Å²) in [5.74, 6) is -0.725. The second-order valence-corrected chi connectivity index (χ2v) is 15.6. The van der Waals surface area contributed by atoms with Crippen molar-refractivity contribution in [3.63, 3.8) is 0 Å². The Morgan fingerprint density at radius 1 is 0.923 bits per heavy atom. The second kappa shape index (κ2) is 17.4. The Morgan fingerprint density at radius 2 is 1.56 bits per heavy atom. The number of benzene rings is 2. The van der Waals surface area contributed by atoms with E-state index in [9.17, 15) is 26.8 Å². The Morgan fingerprint density at radius 3 is 2.13 bits per heavy atom. The highest BCUT2D eigenvalue weighted by molar-refractivity contribution is 7.69. The maximum absolute atomic E-state index is 13.9. The molecule has 2 saturated carbocycles. The lowest BCUT2D eigenvalue weighted by Crippen LogP contribution is -2.34. The highest BCUT2D eigenvalue weighted by Crippen LogP contribution is 2.38. The van der Waals surface area contributed by atoms with Crippen LogP contribution in [-0.4, -0.2) is 61.6 Å². The van der Waals surface area contributed by atoms with Gasteiger partial charge in [0.05, 0.1) is 28.8 Å². The first-order valence-electron chi connectivity index (χ1n) is 16.7. The van der Waals surface area contributed by atoms with E-state index in [1.54, 1.807) is 20.8 Å². The Balaban J connectivity index is 1.44. The van der Waals surface area contributed by atoms with Gasteiger partial charge in [-0.2, -0.15) is 13.1 Å². The van der Waals surface area contributed by atoms with Crippen molar-refractivity contribution >= 4 is 46.0 Å². The van der Waals surface area contributed by atoms with E-state index >= 15 is 0 Å². The molecule has 0 spiro atoms. The third-order valence-corrected chi connectivity index (χ3v) is 9.50. The van der Waals surface area contributed by atoms with Gasteiger partial charge in [0.1, 0.15) is 24.0 Å². The van der Waals surface area contributed by atoms with Crippen molar-refractivity contribution in [3.8, 4) is 17.2 Å². The number of pyridine rings is 1. The Bertz CT molecular complexity index is 1800. The van der Waals surface area contributed by atoms with Crippen molar-refractivity contribution in [2.24, 2.45) is 11.8 Å². The number of esters is 2. The first-order valence-corrected chi connectivity index (χ1v) is 18.6. The van der Waals surface area contributed by atoms with Crippen LogP contribution < -0.4 is 14.2 Å². The molecule has 2 aromatic carbocycles. The SMILES string of the molecule is CC(C)(C)OC(=O)CN(Cc1ccc(C(=O)O[C@@H](Cc2c(Cl)cncc2Cl)c2ccc(OC(F)F)c(OCC3CC3)c2)cc1OCC1CC1)[SH](=O)=O. The molecule has 0 aliphatic heterocycles. The number of aromatic nitrogens is 1. The number of ether oxygens (including phenoxy) is 5. The Hall–Kier alpha value is -3.72. The van der Waals surface area contributed by atoms with Crippen LogP contribution in [0.4, 0.5) is 8.78 Å². The quantitative estimate of drug-likeness (QED) is 0.103. The van der Waals surface area contributed by atoms with Crippen LogP contribution in [-0.2, 0) is 38.1 Å². The lowest BCUT2D eigenvalue weighted by molar-refractivity contribution is -0.155. The fourth-order valence-corrected chi connectivity index (χ4v) is 6.11. The van der Waals surface area contributed by atoms with Crippen LogP contribution in [0.15, 0.2) is 48.8 Å². The van der Waals surface area contributed by atoms with Crippen molar-refractivity contribution in [1.29, 1.82) is 0 Å². The zero-order valence-corrected chi connectivity index (χ0v) is 31.2. The number of nitrogens with zero attached hydrogens (tertiary/aromatic N) is 2. The van der Waals surface area contributed by atoms with E-state index < -0.39 is 47.7 Å². The van der Waals surface area contributed by atoms with Crippen LogP contribution in [0, 0.1) is 11.8 Å². The van der Waals surface area contributed by atoms with Gasteiger partial charge in [-0.1, -0.05) is 35.3 Å². The summed E-state index contributed by atoms with van der Waals surface area (Å²) >= 11 is 12.9. The van der Waals surface area contributed by atoms with Gasteiger partial charge in [-0.05, 0) is 93.7 Å². The van der Waals surface area contributed by atoms with Gasteiger partial charge in [-0.25, -0.2) is 13.2 Å². The molecule has 52 heavy (non-hydrogen) atoms. The smallest absolute Gasteiger partial charge is 0.387 e. The van der Waals surface area contributed by atoms with E-state index in [1.165, 1.54) is 48.8 Å². The number of hydrogen-bond acceptors (Lipinski definition) is 10. The van der Waals surface area contributed by atoms with Crippen LogP contribution in [0.2, 0.25) is 10.0 Å². The Kier molecular flexibility index (Phi) is 13.2. The Labute approximate surface area is 312 Å². The first-order chi connectivity index (χ1) is 24.6. The van der Waals surface area contributed by atoms with E-state index in [4.69, 9.17) is 46.9 Å². The largest absolute Gasteiger partial charge is 0.493 e. The minimum Gasteiger partial charge on any atom is -0.493 e. The van der Waals surface area contributed by atoms with Crippen LogP contribution in [0.3, 0.4) is 0 Å². The fraction of sp³-hybridized carbons (Fsp3) is 0.472. The molecule has 1 aromatic heterocycles. The van der Waals surface area contributed by atoms with Gasteiger partial charge in [0.15, 0.2) is 11.5 Å². The molecule has 0 unspecified atom stereocenters. The monoisotopic (exact) mass is 784 g/mol. The van der Waals surface area contributed by atoms with Crippen molar-refractivity contribution in [1.82, 2.24) is 9.29 Å². The van der Waals surface area contributed by atoms with Crippen LogP contribution in [0.25, 0.3) is 0 Å². The van der Waals surface area contributed by atoms with Crippen molar-refractivity contribution in [2.75, 3.05) is 19.8 Å². The van der Waals surface area contributed by atoms with Gasteiger partial charge in [0.25, 0.3) is 0 Å². The van der Waals surface area contributed by atoms with Gasteiger partial charge in [-0.3, -0.25) is 9.78 Å². The van der Waals surface area contributed by atoms with Gasteiger partial charge in [-0.15, -0.1) is 0 Å². The molecule has 2 fully saturated rings. The number of hydrogen-bond donors (Lipinski definition) is 1. The summed E-state index contributed by atoms with van der Waals surface area (Å²) in [6.07, 6.45) is 5.62. The highest BCUT2D eigenvalue weighted by atomic mass is 35.5. The first kappa shape index (κ1) is 39.5. The number of rotatable bonds is 18. The summed E-state index contributed by atoms with van der Waals surface area (Å²) in [4.78, 5) is 30.3. The number of carbonyl (C=O) groups is 2.